The number of aromatic nitrogens is 2. The van der Waals surface area contributed by atoms with Crippen LogP contribution in [-0.4, -0.2) is 17.2 Å². The van der Waals surface area contributed by atoms with Crippen molar-refractivity contribution in [3.63, 3.8) is 0 Å². The second kappa shape index (κ2) is 3.75. The number of aryl methyl sites for hydroxylation is 1. The maximum Gasteiger partial charge on any atom is 0.148 e. The number of nitrogens with zero attached hydrogens (tertiary/aromatic N) is 2. The van der Waals surface area contributed by atoms with E-state index < -0.39 is 0 Å². The van der Waals surface area contributed by atoms with E-state index >= 15 is 0 Å². The molecule has 0 bridgehead atoms. The first kappa shape index (κ1) is 9.15. The van der Waals surface area contributed by atoms with Gasteiger partial charge >= 0.3 is 0 Å². The highest BCUT2D eigenvalue weighted by Gasteiger charge is 2.01. The molecule has 0 unspecified atom stereocenters. The topological polar surface area (TPSA) is 37.8 Å². The Morgan fingerprint density at radius 3 is 2.64 bits per heavy atom. The molecule has 0 amide bonds. The largest absolute Gasteiger partial charge is 0.372 e. The van der Waals surface area contributed by atoms with Crippen molar-refractivity contribution in [1.82, 2.24) is 10.2 Å². The molecule has 0 atom stereocenters. The average molecular weight is 205 g/mol. The summed E-state index contributed by atoms with van der Waals surface area (Å²) in [5.74, 6) is 0.792. The van der Waals surface area contributed by atoms with Crippen LogP contribution >= 0.6 is 11.3 Å². The highest BCUT2D eigenvalue weighted by Crippen LogP contribution is 2.23. The molecule has 0 spiro atoms. The smallest absolute Gasteiger partial charge is 0.148 e. The van der Waals surface area contributed by atoms with E-state index in [-0.39, 0.29) is 0 Å². The average Bonchev–Trinajstić information content (AvgIpc) is 2.65. The van der Waals surface area contributed by atoms with E-state index in [4.69, 9.17) is 0 Å². The van der Waals surface area contributed by atoms with Gasteiger partial charge in [0, 0.05) is 22.9 Å². The standard InChI is InChI=1S/C10H11N3S/c1-7-5-8(6-14-7)9-3-4-10(11-2)13-12-9/h3-6H,1-2H3,(H,11,13). The van der Waals surface area contributed by atoms with Gasteiger partial charge in [0.05, 0.1) is 5.69 Å². The van der Waals surface area contributed by atoms with E-state index in [1.54, 1.807) is 11.3 Å². The van der Waals surface area contributed by atoms with Gasteiger partial charge in [0.25, 0.3) is 0 Å². The number of thiophene rings is 1. The molecule has 0 aliphatic heterocycles. The van der Waals surface area contributed by atoms with E-state index in [2.05, 4.69) is 33.9 Å². The van der Waals surface area contributed by atoms with Crippen LogP contribution in [0, 0.1) is 6.92 Å². The van der Waals surface area contributed by atoms with Crippen molar-refractivity contribution in [2.24, 2.45) is 0 Å². The lowest BCUT2D eigenvalue weighted by Crippen LogP contribution is -1.94. The zero-order valence-electron chi connectivity index (χ0n) is 8.11. The van der Waals surface area contributed by atoms with Crippen LogP contribution in [0.2, 0.25) is 0 Å². The van der Waals surface area contributed by atoms with Crippen molar-refractivity contribution in [3.8, 4) is 11.3 Å². The fourth-order valence-corrected chi connectivity index (χ4v) is 1.89. The molecule has 4 heteroatoms. The quantitative estimate of drug-likeness (QED) is 0.818. The molecule has 0 aromatic carbocycles. The van der Waals surface area contributed by atoms with Gasteiger partial charge in [0.2, 0.25) is 0 Å². The lowest BCUT2D eigenvalue weighted by atomic mass is 10.2. The van der Waals surface area contributed by atoms with E-state index in [9.17, 15) is 0 Å². The maximum atomic E-state index is 4.13. The summed E-state index contributed by atoms with van der Waals surface area (Å²) in [5.41, 5.74) is 2.07. The first-order valence-electron chi connectivity index (χ1n) is 4.36. The number of nitrogens with one attached hydrogen (secondary N) is 1. The van der Waals surface area contributed by atoms with Crippen LogP contribution in [0.5, 0.6) is 0 Å². The molecule has 1 N–H and O–H groups in total. The third-order valence-corrected chi connectivity index (χ3v) is 2.81. The third-order valence-electron chi connectivity index (χ3n) is 1.95. The molecule has 0 aliphatic carbocycles. The minimum atomic E-state index is 0.792. The van der Waals surface area contributed by atoms with Crippen molar-refractivity contribution in [2.75, 3.05) is 12.4 Å². The van der Waals surface area contributed by atoms with Gasteiger partial charge in [0.15, 0.2) is 0 Å². The van der Waals surface area contributed by atoms with Gasteiger partial charge in [-0.3, -0.25) is 0 Å². The Bertz CT molecular complexity index is 419. The number of hydrogen-bond donors (Lipinski definition) is 1. The Labute approximate surface area is 86.8 Å². The molecule has 72 valence electrons. The predicted molar refractivity (Wildman–Crippen MR) is 59.6 cm³/mol. The molecule has 2 rings (SSSR count). The summed E-state index contributed by atoms with van der Waals surface area (Å²) in [5, 5.41) is 13.2. The van der Waals surface area contributed by atoms with Crippen LogP contribution in [0.1, 0.15) is 4.88 Å². The maximum absolute atomic E-state index is 4.13. The van der Waals surface area contributed by atoms with Crippen LogP contribution in [-0.2, 0) is 0 Å². The second-order valence-electron chi connectivity index (χ2n) is 3.00. The highest BCUT2D eigenvalue weighted by atomic mass is 32.1. The Balaban J connectivity index is 2.33. The summed E-state index contributed by atoms with van der Waals surface area (Å²) in [7, 11) is 1.83. The van der Waals surface area contributed by atoms with Gasteiger partial charge in [-0.1, -0.05) is 0 Å². The Morgan fingerprint density at radius 2 is 2.14 bits per heavy atom. The van der Waals surface area contributed by atoms with Gasteiger partial charge < -0.3 is 5.32 Å². The van der Waals surface area contributed by atoms with Crippen LogP contribution in [0.4, 0.5) is 5.82 Å². The third kappa shape index (κ3) is 1.75. The fourth-order valence-electron chi connectivity index (χ4n) is 1.20. The molecule has 3 nitrogen and oxygen atoms in total. The molecule has 2 aromatic heterocycles. The lowest BCUT2D eigenvalue weighted by molar-refractivity contribution is 1.04. The molecule has 0 radical (unpaired) electrons. The van der Waals surface area contributed by atoms with E-state index in [1.807, 2.05) is 19.2 Å². The van der Waals surface area contributed by atoms with Crippen molar-refractivity contribution < 1.29 is 0 Å². The van der Waals surface area contributed by atoms with Gasteiger partial charge in [-0.2, -0.15) is 0 Å². The fraction of sp³-hybridized carbons (Fsp3) is 0.200. The minimum Gasteiger partial charge on any atom is -0.372 e. The number of hydrogen-bond acceptors (Lipinski definition) is 4. The van der Waals surface area contributed by atoms with Crippen molar-refractivity contribution in [2.45, 2.75) is 6.92 Å². The van der Waals surface area contributed by atoms with E-state index in [1.165, 1.54) is 4.88 Å². The Kier molecular flexibility index (Phi) is 2.45. The van der Waals surface area contributed by atoms with Crippen LogP contribution < -0.4 is 5.32 Å². The zero-order valence-corrected chi connectivity index (χ0v) is 8.93. The van der Waals surface area contributed by atoms with Crippen LogP contribution in [0.25, 0.3) is 11.3 Å². The zero-order chi connectivity index (χ0) is 9.97. The molecule has 2 heterocycles. The molecule has 0 saturated heterocycles. The molecule has 2 aromatic rings. The Hall–Kier alpha value is -1.42. The molecule has 14 heavy (non-hydrogen) atoms. The summed E-state index contributed by atoms with van der Waals surface area (Å²) >= 11 is 1.73. The van der Waals surface area contributed by atoms with Crippen molar-refractivity contribution in [3.05, 3.63) is 28.5 Å². The normalized spacial score (nSPS) is 10.1. The molecular weight excluding hydrogens is 194 g/mol. The SMILES string of the molecule is CNc1ccc(-c2csc(C)c2)nn1. The van der Waals surface area contributed by atoms with E-state index in [0.717, 1.165) is 17.1 Å². The Morgan fingerprint density at radius 1 is 1.29 bits per heavy atom. The van der Waals surface area contributed by atoms with Crippen molar-refractivity contribution in [1.29, 1.82) is 0 Å². The number of anilines is 1. The lowest BCUT2D eigenvalue weighted by Gasteiger charge is -1.98. The summed E-state index contributed by atoms with van der Waals surface area (Å²) < 4.78 is 0. The summed E-state index contributed by atoms with van der Waals surface area (Å²) in [6.07, 6.45) is 0. The van der Waals surface area contributed by atoms with Gasteiger partial charge in [-0.25, -0.2) is 0 Å². The summed E-state index contributed by atoms with van der Waals surface area (Å²) in [6.45, 7) is 2.09. The summed E-state index contributed by atoms with van der Waals surface area (Å²) in [4.78, 5) is 1.29. The molecular formula is C10H11N3S. The number of rotatable bonds is 2. The first-order valence-corrected chi connectivity index (χ1v) is 5.24. The van der Waals surface area contributed by atoms with Crippen LogP contribution in [0.3, 0.4) is 0 Å². The molecule has 0 aliphatic rings. The summed E-state index contributed by atoms with van der Waals surface area (Å²) in [6, 6.07) is 6.02. The van der Waals surface area contributed by atoms with Gasteiger partial charge in [-0.05, 0) is 25.1 Å². The first-order chi connectivity index (χ1) is 6.79. The monoisotopic (exact) mass is 205 g/mol. The van der Waals surface area contributed by atoms with Crippen molar-refractivity contribution >= 4 is 17.2 Å². The van der Waals surface area contributed by atoms with Gasteiger partial charge in [0.1, 0.15) is 5.82 Å². The molecule has 0 fully saturated rings. The van der Waals surface area contributed by atoms with E-state index in [0.29, 0.717) is 0 Å². The van der Waals surface area contributed by atoms with Gasteiger partial charge in [-0.15, -0.1) is 21.5 Å². The highest BCUT2D eigenvalue weighted by molar-refractivity contribution is 7.10. The van der Waals surface area contributed by atoms with Crippen LogP contribution in [0.15, 0.2) is 23.6 Å². The second-order valence-corrected chi connectivity index (χ2v) is 4.12. The minimum absolute atomic E-state index is 0.792. The predicted octanol–water partition coefficient (Wildman–Crippen LogP) is 2.56. The molecule has 0 saturated carbocycles.